The molecule has 0 amide bonds. The average molecular weight is 199 g/mol. The molecule has 14 heavy (non-hydrogen) atoms. The van der Waals surface area contributed by atoms with E-state index in [1.165, 1.54) is 6.33 Å². The number of carboxylic acids is 1. The number of hydrogen-bond acceptors (Lipinski definition) is 5. The van der Waals surface area contributed by atoms with Crippen molar-refractivity contribution < 1.29 is 9.90 Å². The minimum Gasteiger partial charge on any atom is -0.480 e. The maximum atomic E-state index is 10.5. The number of nitrogens with two attached hydrogens (primary N) is 1. The first-order valence-electron chi connectivity index (χ1n) is 4.06. The molecule has 0 spiro atoms. The maximum Gasteiger partial charge on any atom is 0.322 e. The van der Waals surface area contributed by atoms with E-state index in [0.29, 0.717) is 5.95 Å². The lowest BCUT2D eigenvalue weighted by atomic mass is 10.3. The van der Waals surface area contributed by atoms with Crippen LogP contribution in [0.3, 0.4) is 0 Å². The Balaban J connectivity index is 2.63. The lowest BCUT2D eigenvalue weighted by molar-refractivity contribution is -0.138. The van der Waals surface area contributed by atoms with Gasteiger partial charge >= 0.3 is 5.97 Å². The van der Waals surface area contributed by atoms with Crippen molar-refractivity contribution in [3.8, 4) is 0 Å². The fraction of sp³-hybridized carbons (Fsp3) is 0.571. The Morgan fingerprint density at radius 2 is 2.50 bits per heavy atom. The van der Waals surface area contributed by atoms with Crippen molar-refractivity contribution >= 4 is 11.9 Å². The van der Waals surface area contributed by atoms with Crippen LogP contribution in [0.1, 0.15) is 0 Å². The van der Waals surface area contributed by atoms with Gasteiger partial charge in [-0.3, -0.25) is 4.79 Å². The van der Waals surface area contributed by atoms with Gasteiger partial charge in [0, 0.05) is 20.6 Å². The molecule has 78 valence electrons. The highest BCUT2D eigenvalue weighted by Crippen LogP contribution is 2.05. The molecule has 0 unspecified atom stereocenters. The Bertz CT molecular complexity index is 324. The minimum absolute atomic E-state index is 0.196. The van der Waals surface area contributed by atoms with Crippen LogP contribution < -0.4 is 10.6 Å². The second-order valence-corrected chi connectivity index (χ2v) is 3.07. The smallest absolute Gasteiger partial charge is 0.322 e. The largest absolute Gasteiger partial charge is 0.480 e. The second kappa shape index (κ2) is 4.05. The number of aliphatic carboxylic acids is 1. The number of aromatic nitrogens is 3. The summed E-state index contributed by atoms with van der Waals surface area (Å²) in [6, 6.07) is -0.920. The highest BCUT2D eigenvalue weighted by atomic mass is 16.4. The number of nitrogens with zero attached hydrogens (tertiary/aromatic N) is 4. The summed E-state index contributed by atoms with van der Waals surface area (Å²) >= 11 is 0. The van der Waals surface area contributed by atoms with Gasteiger partial charge in [0.25, 0.3) is 0 Å². The quantitative estimate of drug-likeness (QED) is 0.623. The Morgan fingerprint density at radius 1 is 1.86 bits per heavy atom. The summed E-state index contributed by atoms with van der Waals surface area (Å²) in [5, 5.41) is 16.1. The lowest BCUT2D eigenvalue weighted by Crippen LogP contribution is -2.41. The third-order valence-electron chi connectivity index (χ3n) is 1.82. The monoisotopic (exact) mass is 199 g/mol. The maximum absolute atomic E-state index is 10.5. The molecule has 7 nitrogen and oxygen atoms in total. The molecule has 0 bridgehead atoms. The van der Waals surface area contributed by atoms with Crippen molar-refractivity contribution in [2.24, 2.45) is 12.8 Å². The van der Waals surface area contributed by atoms with Gasteiger partial charge < -0.3 is 20.3 Å². The third-order valence-corrected chi connectivity index (χ3v) is 1.82. The molecule has 3 N–H and O–H groups in total. The van der Waals surface area contributed by atoms with E-state index >= 15 is 0 Å². The van der Waals surface area contributed by atoms with Crippen LogP contribution in [0.2, 0.25) is 0 Å². The van der Waals surface area contributed by atoms with Crippen LogP contribution in [0.4, 0.5) is 5.95 Å². The summed E-state index contributed by atoms with van der Waals surface area (Å²) in [5.74, 6) is -0.444. The van der Waals surface area contributed by atoms with Crippen LogP contribution in [0.15, 0.2) is 6.33 Å². The fourth-order valence-corrected chi connectivity index (χ4v) is 1.08. The topological polar surface area (TPSA) is 97.3 Å². The SMILES string of the molecule is CN(C[C@H](N)C(=O)O)c1nncn1C. The highest BCUT2D eigenvalue weighted by Gasteiger charge is 2.16. The van der Waals surface area contributed by atoms with Crippen molar-refractivity contribution in [3.63, 3.8) is 0 Å². The van der Waals surface area contributed by atoms with E-state index in [9.17, 15) is 4.79 Å². The number of carboxylic acid groups (broad SMARTS) is 1. The molecule has 0 aliphatic heterocycles. The van der Waals surface area contributed by atoms with Gasteiger partial charge in [-0.25, -0.2) is 0 Å². The molecule has 0 aliphatic rings. The first-order valence-corrected chi connectivity index (χ1v) is 4.06. The standard InChI is InChI=1S/C7H13N5O2/c1-11(3-5(8)6(13)14)7-10-9-4-12(7)2/h4-5H,3,8H2,1-2H3,(H,13,14)/t5-/m0/s1. The molecule has 1 heterocycles. The molecule has 0 saturated carbocycles. The molecule has 0 radical (unpaired) electrons. The van der Waals surface area contributed by atoms with Crippen molar-refractivity contribution in [2.45, 2.75) is 6.04 Å². The molecule has 0 aliphatic carbocycles. The second-order valence-electron chi connectivity index (χ2n) is 3.07. The van der Waals surface area contributed by atoms with Crippen LogP contribution in [0.5, 0.6) is 0 Å². The fourth-order valence-electron chi connectivity index (χ4n) is 1.08. The van der Waals surface area contributed by atoms with E-state index in [1.807, 2.05) is 0 Å². The number of rotatable bonds is 4. The Hall–Kier alpha value is -1.63. The van der Waals surface area contributed by atoms with Crippen LogP contribution in [-0.4, -0.2) is 45.5 Å². The van der Waals surface area contributed by atoms with Crippen molar-refractivity contribution in [3.05, 3.63) is 6.33 Å². The predicted molar refractivity (Wildman–Crippen MR) is 49.9 cm³/mol. The predicted octanol–water partition coefficient (Wildman–Crippen LogP) is -1.34. The number of hydrogen-bond donors (Lipinski definition) is 2. The van der Waals surface area contributed by atoms with E-state index in [0.717, 1.165) is 0 Å². The molecule has 1 rings (SSSR count). The van der Waals surface area contributed by atoms with Crippen molar-refractivity contribution in [2.75, 3.05) is 18.5 Å². The molecule has 1 aromatic rings. The van der Waals surface area contributed by atoms with Crippen molar-refractivity contribution in [1.82, 2.24) is 14.8 Å². The number of aryl methyl sites for hydroxylation is 1. The first kappa shape index (κ1) is 10.5. The van der Waals surface area contributed by atoms with Crippen LogP contribution in [0, 0.1) is 0 Å². The molecular weight excluding hydrogens is 186 g/mol. The minimum atomic E-state index is -1.03. The Labute approximate surface area is 81.1 Å². The van der Waals surface area contributed by atoms with Gasteiger partial charge in [0.2, 0.25) is 5.95 Å². The first-order chi connectivity index (χ1) is 6.52. The van der Waals surface area contributed by atoms with Gasteiger partial charge in [0.1, 0.15) is 12.4 Å². The third kappa shape index (κ3) is 2.19. The summed E-state index contributed by atoms with van der Waals surface area (Å²) < 4.78 is 1.69. The van der Waals surface area contributed by atoms with Crippen LogP contribution in [0.25, 0.3) is 0 Å². The van der Waals surface area contributed by atoms with Gasteiger partial charge in [-0.05, 0) is 0 Å². The molecule has 1 atom stereocenters. The van der Waals surface area contributed by atoms with Gasteiger partial charge in [-0.1, -0.05) is 0 Å². The van der Waals surface area contributed by atoms with Crippen LogP contribution in [-0.2, 0) is 11.8 Å². The van der Waals surface area contributed by atoms with Gasteiger partial charge in [0.15, 0.2) is 0 Å². The van der Waals surface area contributed by atoms with E-state index in [4.69, 9.17) is 10.8 Å². The number of carbonyl (C=O) groups is 1. The van der Waals surface area contributed by atoms with E-state index in [-0.39, 0.29) is 6.54 Å². The summed E-state index contributed by atoms with van der Waals surface area (Å²) in [6.45, 7) is 0.196. The zero-order valence-corrected chi connectivity index (χ0v) is 8.08. The summed E-state index contributed by atoms with van der Waals surface area (Å²) in [7, 11) is 3.49. The summed E-state index contributed by atoms with van der Waals surface area (Å²) in [6.07, 6.45) is 1.54. The number of anilines is 1. The summed E-state index contributed by atoms with van der Waals surface area (Å²) in [4.78, 5) is 12.1. The van der Waals surface area contributed by atoms with E-state index < -0.39 is 12.0 Å². The number of likely N-dealkylation sites (N-methyl/N-ethyl adjacent to an activating group) is 1. The van der Waals surface area contributed by atoms with Gasteiger partial charge in [-0.15, -0.1) is 10.2 Å². The summed E-state index contributed by atoms with van der Waals surface area (Å²) in [5.41, 5.74) is 5.37. The zero-order chi connectivity index (χ0) is 10.7. The molecule has 0 aromatic carbocycles. The highest BCUT2D eigenvalue weighted by molar-refractivity contribution is 5.73. The lowest BCUT2D eigenvalue weighted by Gasteiger charge is -2.19. The van der Waals surface area contributed by atoms with Gasteiger partial charge in [-0.2, -0.15) is 0 Å². The molecular formula is C7H13N5O2. The van der Waals surface area contributed by atoms with E-state index in [2.05, 4.69) is 10.2 Å². The van der Waals surface area contributed by atoms with Crippen LogP contribution >= 0.6 is 0 Å². The molecule has 0 saturated heterocycles. The molecule has 7 heteroatoms. The zero-order valence-electron chi connectivity index (χ0n) is 8.08. The average Bonchev–Trinajstić information content (AvgIpc) is 2.51. The molecule has 1 aromatic heterocycles. The van der Waals surface area contributed by atoms with Crippen molar-refractivity contribution in [1.29, 1.82) is 0 Å². The van der Waals surface area contributed by atoms with Gasteiger partial charge in [0.05, 0.1) is 0 Å². The Morgan fingerprint density at radius 3 is 2.93 bits per heavy atom. The normalized spacial score (nSPS) is 12.5. The Kier molecular flexibility index (Phi) is 3.03. The van der Waals surface area contributed by atoms with E-state index in [1.54, 1.807) is 23.6 Å². The molecule has 0 fully saturated rings.